The Morgan fingerprint density at radius 1 is 0.414 bits per heavy atom. The van der Waals surface area contributed by atoms with Crippen LogP contribution in [0.1, 0.15) is 0 Å². The van der Waals surface area contributed by atoms with Crippen LogP contribution in [0.25, 0.3) is 91.9 Å². The first-order chi connectivity index (χ1) is 28.8. The number of para-hydroxylation sites is 4. The van der Waals surface area contributed by atoms with Crippen molar-refractivity contribution in [3.8, 4) is 27.9 Å². The topological polar surface area (TPSA) is 21.3 Å². The van der Waals surface area contributed by atoms with Gasteiger partial charge in [-0.15, -0.1) is 11.3 Å². The summed E-state index contributed by atoms with van der Waals surface area (Å²) in [6.07, 6.45) is 0. The predicted molar refractivity (Wildman–Crippen MR) is 247 cm³/mol. The Kier molecular flexibility index (Phi) is 7.40. The van der Waals surface area contributed by atoms with Gasteiger partial charge in [0, 0.05) is 58.8 Å². The summed E-state index contributed by atoms with van der Waals surface area (Å²) in [4.78, 5) is 2.34. The number of fused-ring (bicyclic) bond motifs is 9. The highest BCUT2D eigenvalue weighted by Gasteiger charge is 2.21. The van der Waals surface area contributed by atoms with Crippen molar-refractivity contribution in [2.45, 2.75) is 0 Å². The number of furan rings is 1. The Morgan fingerprint density at radius 3 is 1.98 bits per heavy atom. The fourth-order valence-corrected chi connectivity index (χ4v) is 10.2. The summed E-state index contributed by atoms with van der Waals surface area (Å²) < 4.78 is 11.7. The van der Waals surface area contributed by atoms with Gasteiger partial charge in [-0.05, 0) is 89.0 Å². The first-order valence-electron chi connectivity index (χ1n) is 19.7. The van der Waals surface area contributed by atoms with Crippen LogP contribution >= 0.6 is 11.3 Å². The van der Waals surface area contributed by atoms with Crippen LogP contribution in [0.3, 0.4) is 0 Å². The second-order valence-electron chi connectivity index (χ2n) is 14.9. The maximum absolute atomic E-state index is 6.68. The second-order valence-corrected chi connectivity index (χ2v) is 15.9. The zero-order valence-corrected chi connectivity index (χ0v) is 32.2. The molecule has 0 N–H and O–H groups in total. The van der Waals surface area contributed by atoms with Crippen LogP contribution in [0.5, 0.6) is 0 Å². The van der Waals surface area contributed by atoms with Crippen molar-refractivity contribution < 1.29 is 4.42 Å². The number of benzene rings is 9. The minimum atomic E-state index is 0.863. The van der Waals surface area contributed by atoms with Crippen LogP contribution in [-0.4, -0.2) is 4.57 Å². The van der Waals surface area contributed by atoms with Crippen LogP contribution in [0, 0.1) is 0 Å². The molecular weight excluding hydrogens is 725 g/mol. The van der Waals surface area contributed by atoms with E-state index in [1.807, 2.05) is 17.4 Å². The third kappa shape index (κ3) is 5.12. The van der Waals surface area contributed by atoms with Crippen molar-refractivity contribution in [2.24, 2.45) is 0 Å². The molecule has 0 aliphatic carbocycles. The molecule has 12 rings (SSSR count). The molecule has 0 bridgehead atoms. The molecule has 0 saturated carbocycles. The lowest BCUT2D eigenvalue weighted by Crippen LogP contribution is -2.10. The third-order valence-electron chi connectivity index (χ3n) is 11.6. The number of rotatable bonds is 6. The van der Waals surface area contributed by atoms with Gasteiger partial charge < -0.3 is 13.9 Å². The Bertz CT molecular complexity index is 3520. The van der Waals surface area contributed by atoms with E-state index in [-0.39, 0.29) is 0 Å². The Balaban J connectivity index is 1.03. The fraction of sp³-hybridized carbons (Fsp3) is 0. The zero-order chi connectivity index (χ0) is 38.2. The van der Waals surface area contributed by atoms with E-state index in [2.05, 4.69) is 210 Å². The first-order valence-corrected chi connectivity index (χ1v) is 20.5. The van der Waals surface area contributed by atoms with Crippen molar-refractivity contribution >= 4 is 92.3 Å². The fourth-order valence-electron chi connectivity index (χ4n) is 8.93. The van der Waals surface area contributed by atoms with Gasteiger partial charge in [-0.3, -0.25) is 0 Å². The van der Waals surface area contributed by atoms with Crippen LogP contribution in [-0.2, 0) is 0 Å². The van der Waals surface area contributed by atoms with Gasteiger partial charge >= 0.3 is 0 Å². The molecule has 0 saturated heterocycles. The molecule has 0 radical (unpaired) electrons. The molecule has 0 aliphatic rings. The van der Waals surface area contributed by atoms with Gasteiger partial charge in [0.05, 0.1) is 16.7 Å². The van der Waals surface area contributed by atoms with E-state index in [0.29, 0.717) is 0 Å². The average Bonchev–Trinajstić information content (AvgIpc) is 3.97. The lowest BCUT2D eigenvalue weighted by Gasteiger charge is -2.26. The monoisotopic (exact) mass is 758 g/mol. The minimum absolute atomic E-state index is 0.863. The van der Waals surface area contributed by atoms with Gasteiger partial charge in [0.25, 0.3) is 0 Å². The second kappa shape index (κ2) is 13.1. The van der Waals surface area contributed by atoms with Gasteiger partial charge in [-0.25, -0.2) is 0 Å². The highest BCUT2D eigenvalue weighted by Crippen LogP contribution is 2.45. The summed E-state index contributed by atoms with van der Waals surface area (Å²) in [5.41, 5.74) is 13.1. The average molecular weight is 759 g/mol. The predicted octanol–water partition coefficient (Wildman–Crippen LogP) is 15.9. The molecule has 9 aromatic carbocycles. The van der Waals surface area contributed by atoms with Crippen LogP contribution in [0.4, 0.5) is 17.1 Å². The molecule has 12 aromatic rings. The van der Waals surface area contributed by atoms with E-state index < -0.39 is 0 Å². The maximum atomic E-state index is 6.68. The number of hydrogen-bond acceptors (Lipinski definition) is 3. The summed E-state index contributed by atoms with van der Waals surface area (Å²) in [5.74, 6) is 0. The summed E-state index contributed by atoms with van der Waals surface area (Å²) in [7, 11) is 0. The molecule has 0 amide bonds. The number of aromatic nitrogens is 1. The van der Waals surface area contributed by atoms with Gasteiger partial charge in [-0.1, -0.05) is 140 Å². The standard InChI is InChI=1S/C54H34N2OS/c1-2-14-38(15-3-1)56-48-23-7-4-17-42(48)43-32-29-37(34-50(43)56)36-13-10-16-40(33-36)55(49-24-12-21-46-44-18-5-8-25-51(44)57-53(46)49)39-30-27-35(28-31-39)41-20-11-22-47-45-19-6-9-26-52(45)58-54(41)47/h1-34H. The van der Waals surface area contributed by atoms with Gasteiger partial charge in [0.1, 0.15) is 5.58 Å². The molecule has 3 nitrogen and oxygen atoms in total. The van der Waals surface area contributed by atoms with E-state index in [1.54, 1.807) is 0 Å². The summed E-state index contributed by atoms with van der Waals surface area (Å²) in [6, 6.07) is 74.3. The van der Waals surface area contributed by atoms with E-state index in [4.69, 9.17) is 4.42 Å². The largest absolute Gasteiger partial charge is 0.454 e. The first kappa shape index (κ1) is 32.8. The normalized spacial score (nSPS) is 11.8. The summed E-state index contributed by atoms with van der Waals surface area (Å²) >= 11 is 1.87. The lowest BCUT2D eigenvalue weighted by atomic mass is 10.0. The van der Waals surface area contributed by atoms with E-state index >= 15 is 0 Å². The van der Waals surface area contributed by atoms with Crippen LogP contribution in [0.2, 0.25) is 0 Å². The minimum Gasteiger partial charge on any atom is -0.454 e. The molecule has 0 atom stereocenters. The number of anilines is 3. The molecule has 3 heterocycles. The molecule has 3 aromatic heterocycles. The molecule has 272 valence electrons. The van der Waals surface area contributed by atoms with Gasteiger partial charge in [0.2, 0.25) is 0 Å². The van der Waals surface area contributed by atoms with Crippen molar-refractivity contribution in [2.75, 3.05) is 4.90 Å². The maximum Gasteiger partial charge on any atom is 0.159 e. The van der Waals surface area contributed by atoms with Crippen LogP contribution in [0.15, 0.2) is 211 Å². The zero-order valence-electron chi connectivity index (χ0n) is 31.3. The lowest BCUT2D eigenvalue weighted by molar-refractivity contribution is 0.669. The molecule has 0 aliphatic heterocycles. The number of hydrogen-bond donors (Lipinski definition) is 0. The molecule has 58 heavy (non-hydrogen) atoms. The van der Waals surface area contributed by atoms with Crippen molar-refractivity contribution in [3.05, 3.63) is 206 Å². The third-order valence-corrected chi connectivity index (χ3v) is 12.8. The highest BCUT2D eigenvalue weighted by molar-refractivity contribution is 7.26. The summed E-state index contributed by atoms with van der Waals surface area (Å²) in [6.45, 7) is 0. The summed E-state index contributed by atoms with van der Waals surface area (Å²) in [5, 5.41) is 7.32. The molecular formula is C54H34N2OS. The Labute approximate surface area is 338 Å². The molecule has 0 fully saturated rings. The highest BCUT2D eigenvalue weighted by atomic mass is 32.1. The van der Waals surface area contributed by atoms with Crippen molar-refractivity contribution in [3.63, 3.8) is 0 Å². The smallest absolute Gasteiger partial charge is 0.159 e. The molecule has 0 spiro atoms. The van der Waals surface area contributed by atoms with E-state index in [0.717, 1.165) is 55.8 Å². The number of nitrogens with zero attached hydrogens (tertiary/aromatic N) is 2. The molecule has 0 unspecified atom stereocenters. The van der Waals surface area contributed by atoms with Crippen LogP contribution < -0.4 is 4.90 Å². The Morgan fingerprint density at radius 2 is 1.09 bits per heavy atom. The van der Waals surface area contributed by atoms with E-state index in [1.165, 1.54) is 53.1 Å². The van der Waals surface area contributed by atoms with Crippen molar-refractivity contribution in [1.29, 1.82) is 0 Å². The van der Waals surface area contributed by atoms with Gasteiger partial charge in [-0.2, -0.15) is 0 Å². The SMILES string of the molecule is c1ccc(-n2c3ccccc3c3ccc(-c4cccc(N(c5ccc(-c6cccc7c6sc6ccccc67)cc5)c5cccc6c5oc5ccccc56)c4)cc32)cc1. The number of thiophene rings is 1. The van der Waals surface area contributed by atoms with E-state index in [9.17, 15) is 0 Å². The Hall–Kier alpha value is -7.40. The van der Waals surface area contributed by atoms with Crippen molar-refractivity contribution in [1.82, 2.24) is 4.57 Å². The quantitative estimate of drug-likeness (QED) is 0.168. The van der Waals surface area contributed by atoms with Gasteiger partial charge in [0.15, 0.2) is 5.58 Å². The molecule has 4 heteroatoms.